The molecule has 188 valence electrons. The predicted molar refractivity (Wildman–Crippen MR) is 127 cm³/mol. The van der Waals surface area contributed by atoms with Crippen molar-refractivity contribution in [2.75, 3.05) is 18.9 Å². The minimum Gasteiger partial charge on any atom is -0.373 e. The second-order valence-electron chi connectivity index (χ2n) is 8.77. The number of carbonyl (C=O) groups is 2. The van der Waals surface area contributed by atoms with E-state index in [1.165, 1.54) is 24.1 Å². The zero-order chi connectivity index (χ0) is 25.9. The number of likely N-dealkylation sites (N-methyl/N-ethyl adjacent to an activating group) is 1. The SMILES string of the molecule is CN1Cc2cc(C(=O)N(CCCC#N)Cc3nc4ccccc4[nH]3)ccc2N[C@@H](CC(F)(F)F)C1=O. The third-order valence-corrected chi connectivity index (χ3v) is 5.98. The number of amides is 2. The summed E-state index contributed by atoms with van der Waals surface area (Å²) >= 11 is 0. The first-order valence-corrected chi connectivity index (χ1v) is 11.5. The van der Waals surface area contributed by atoms with Gasteiger partial charge in [0.25, 0.3) is 5.91 Å². The monoisotopic (exact) mass is 498 g/mol. The Bertz CT molecular complexity index is 1280. The van der Waals surface area contributed by atoms with Gasteiger partial charge in [-0.2, -0.15) is 18.4 Å². The fraction of sp³-hybridized carbons (Fsp3) is 0.360. The molecule has 0 spiro atoms. The minimum absolute atomic E-state index is 0.0641. The summed E-state index contributed by atoms with van der Waals surface area (Å²) in [5.74, 6) is -0.376. The van der Waals surface area contributed by atoms with E-state index in [0.717, 1.165) is 11.0 Å². The highest BCUT2D eigenvalue weighted by molar-refractivity contribution is 5.95. The maximum Gasteiger partial charge on any atom is 0.391 e. The van der Waals surface area contributed by atoms with Crippen LogP contribution in [0.5, 0.6) is 0 Å². The number of aromatic nitrogens is 2. The van der Waals surface area contributed by atoms with Gasteiger partial charge < -0.3 is 20.1 Å². The summed E-state index contributed by atoms with van der Waals surface area (Å²) in [6, 6.07) is 12.8. The summed E-state index contributed by atoms with van der Waals surface area (Å²) in [5.41, 5.74) is 2.87. The molecule has 2 N–H and O–H groups in total. The number of hydrogen-bond acceptors (Lipinski definition) is 5. The van der Waals surface area contributed by atoms with E-state index in [0.29, 0.717) is 35.6 Å². The standard InChI is InChI=1S/C25H25F3N6O2/c1-33-14-17-12-16(8-9-18(17)30-21(24(33)36)13-25(26,27)28)23(35)34(11-5-4-10-29)15-22-31-19-6-2-3-7-20(19)32-22/h2-3,6-9,12,21,30H,4-5,11,13-15H2,1H3,(H,31,32)/t21-/m0/s1. The van der Waals surface area contributed by atoms with Gasteiger partial charge >= 0.3 is 6.18 Å². The number of rotatable bonds is 7. The number of hydrogen-bond donors (Lipinski definition) is 2. The topological polar surface area (TPSA) is 105 Å². The van der Waals surface area contributed by atoms with Gasteiger partial charge in [-0.15, -0.1) is 0 Å². The Balaban J connectivity index is 1.59. The second kappa shape index (κ2) is 10.3. The molecular weight excluding hydrogens is 473 g/mol. The van der Waals surface area contributed by atoms with Crippen LogP contribution in [0.4, 0.5) is 18.9 Å². The Kier molecular flexibility index (Phi) is 7.15. The highest BCUT2D eigenvalue weighted by atomic mass is 19.4. The van der Waals surface area contributed by atoms with E-state index < -0.39 is 24.5 Å². The number of carbonyl (C=O) groups excluding carboxylic acids is 2. The molecule has 0 unspecified atom stereocenters. The fourth-order valence-corrected chi connectivity index (χ4v) is 4.26. The molecule has 11 heteroatoms. The van der Waals surface area contributed by atoms with E-state index in [4.69, 9.17) is 5.26 Å². The van der Waals surface area contributed by atoms with Crippen LogP contribution < -0.4 is 5.32 Å². The summed E-state index contributed by atoms with van der Waals surface area (Å²) in [7, 11) is 1.44. The molecule has 1 aromatic heterocycles. The first-order chi connectivity index (χ1) is 17.1. The van der Waals surface area contributed by atoms with E-state index >= 15 is 0 Å². The van der Waals surface area contributed by atoms with Gasteiger partial charge in [-0.25, -0.2) is 4.98 Å². The molecule has 1 aliphatic rings. The van der Waals surface area contributed by atoms with Crippen molar-refractivity contribution in [1.29, 1.82) is 5.26 Å². The summed E-state index contributed by atoms with van der Waals surface area (Å²) in [6.07, 6.45) is -5.04. The fourth-order valence-electron chi connectivity index (χ4n) is 4.26. The van der Waals surface area contributed by atoms with Crippen molar-refractivity contribution >= 4 is 28.5 Å². The van der Waals surface area contributed by atoms with Crippen LogP contribution in [0, 0.1) is 11.3 Å². The molecule has 1 atom stereocenters. The smallest absolute Gasteiger partial charge is 0.373 e. The second-order valence-corrected chi connectivity index (χ2v) is 8.77. The molecule has 0 fully saturated rings. The lowest BCUT2D eigenvalue weighted by Crippen LogP contribution is -2.41. The maximum absolute atomic E-state index is 13.5. The summed E-state index contributed by atoms with van der Waals surface area (Å²) in [6.45, 7) is 0.583. The minimum atomic E-state index is -4.50. The van der Waals surface area contributed by atoms with Crippen LogP contribution in [0.15, 0.2) is 42.5 Å². The zero-order valence-electron chi connectivity index (χ0n) is 19.6. The van der Waals surface area contributed by atoms with Crippen LogP contribution in [0.1, 0.15) is 41.0 Å². The van der Waals surface area contributed by atoms with Crippen molar-refractivity contribution in [2.45, 2.75) is 44.6 Å². The molecular formula is C25H25F3N6O2. The van der Waals surface area contributed by atoms with Gasteiger partial charge in [0.2, 0.25) is 5.91 Å². The van der Waals surface area contributed by atoms with Crippen molar-refractivity contribution < 1.29 is 22.8 Å². The normalized spacial score (nSPS) is 15.7. The van der Waals surface area contributed by atoms with E-state index in [2.05, 4.69) is 21.4 Å². The van der Waals surface area contributed by atoms with Crippen LogP contribution >= 0.6 is 0 Å². The van der Waals surface area contributed by atoms with Crippen molar-refractivity contribution in [1.82, 2.24) is 19.8 Å². The van der Waals surface area contributed by atoms with Crippen LogP contribution in [0.2, 0.25) is 0 Å². The van der Waals surface area contributed by atoms with Gasteiger partial charge in [-0.05, 0) is 42.3 Å². The number of nitrogens with zero attached hydrogens (tertiary/aromatic N) is 4. The Hall–Kier alpha value is -4.07. The molecule has 1 aliphatic heterocycles. The third kappa shape index (κ3) is 5.76. The zero-order valence-corrected chi connectivity index (χ0v) is 19.6. The van der Waals surface area contributed by atoms with E-state index in [9.17, 15) is 22.8 Å². The van der Waals surface area contributed by atoms with Crippen molar-refractivity contribution in [3.05, 3.63) is 59.4 Å². The number of nitrogens with one attached hydrogen (secondary N) is 2. The van der Waals surface area contributed by atoms with Crippen molar-refractivity contribution in [3.8, 4) is 6.07 Å². The van der Waals surface area contributed by atoms with Crippen LogP contribution in [0.25, 0.3) is 11.0 Å². The number of H-pyrrole nitrogens is 1. The van der Waals surface area contributed by atoms with Gasteiger partial charge in [0.1, 0.15) is 11.9 Å². The molecule has 0 bridgehead atoms. The molecule has 0 saturated heterocycles. The summed E-state index contributed by atoms with van der Waals surface area (Å²) in [5, 5.41) is 11.6. The van der Waals surface area contributed by atoms with Gasteiger partial charge in [0.15, 0.2) is 0 Å². The molecule has 2 heterocycles. The summed E-state index contributed by atoms with van der Waals surface area (Å²) < 4.78 is 39.0. The van der Waals surface area contributed by atoms with Crippen molar-refractivity contribution in [2.24, 2.45) is 0 Å². The largest absolute Gasteiger partial charge is 0.391 e. The lowest BCUT2D eigenvalue weighted by atomic mass is 10.1. The predicted octanol–water partition coefficient (Wildman–Crippen LogP) is 4.21. The number of benzene rings is 2. The molecule has 2 aromatic carbocycles. The van der Waals surface area contributed by atoms with Crippen molar-refractivity contribution in [3.63, 3.8) is 0 Å². The first-order valence-electron chi connectivity index (χ1n) is 11.5. The number of aromatic amines is 1. The van der Waals surface area contributed by atoms with E-state index in [-0.39, 0.29) is 25.4 Å². The highest BCUT2D eigenvalue weighted by Crippen LogP contribution is 2.30. The Morgan fingerprint density at radius 3 is 2.78 bits per heavy atom. The number of halogens is 3. The first kappa shape index (κ1) is 25.0. The average Bonchev–Trinajstić information content (AvgIpc) is 3.20. The quantitative estimate of drug-likeness (QED) is 0.475. The highest BCUT2D eigenvalue weighted by Gasteiger charge is 2.38. The van der Waals surface area contributed by atoms with E-state index in [1.54, 1.807) is 11.0 Å². The summed E-state index contributed by atoms with van der Waals surface area (Å²) in [4.78, 5) is 36.5. The van der Waals surface area contributed by atoms with Gasteiger partial charge in [0, 0.05) is 37.8 Å². The molecule has 2 amide bonds. The Morgan fingerprint density at radius 1 is 1.28 bits per heavy atom. The number of alkyl halides is 3. The molecule has 3 aromatic rings. The van der Waals surface area contributed by atoms with Gasteiger partial charge in [-0.1, -0.05) is 12.1 Å². The van der Waals surface area contributed by atoms with Crippen LogP contribution in [-0.4, -0.2) is 57.4 Å². The molecule has 4 rings (SSSR count). The third-order valence-electron chi connectivity index (χ3n) is 5.98. The van der Waals surface area contributed by atoms with Gasteiger partial charge in [-0.3, -0.25) is 9.59 Å². The number of nitriles is 1. The molecule has 0 saturated carbocycles. The average molecular weight is 499 g/mol. The number of anilines is 1. The Labute approximate surface area is 205 Å². The van der Waals surface area contributed by atoms with E-state index in [1.807, 2.05) is 24.3 Å². The molecule has 8 nitrogen and oxygen atoms in total. The Morgan fingerprint density at radius 2 is 2.06 bits per heavy atom. The lowest BCUT2D eigenvalue weighted by Gasteiger charge is -2.22. The molecule has 0 radical (unpaired) electrons. The molecule has 36 heavy (non-hydrogen) atoms. The number of imidazole rings is 1. The lowest BCUT2D eigenvalue weighted by molar-refractivity contribution is -0.150. The maximum atomic E-state index is 13.5. The number of para-hydroxylation sites is 2. The van der Waals surface area contributed by atoms with Crippen LogP contribution in [-0.2, 0) is 17.9 Å². The van der Waals surface area contributed by atoms with Gasteiger partial charge in [0.05, 0.1) is 30.1 Å². The van der Waals surface area contributed by atoms with Crippen LogP contribution in [0.3, 0.4) is 0 Å². The molecule has 0 aliphatic carbocycles. The number of unbranched alkanes of at least 4 members (excludes halogenated alkanes) is 1. The number of fused-ring (bicyclic) bond motifs is 2.